The molecule has 3 rings (SSSR count). The van der Waals surface area contributed by atoms with Crippen LogP contribution >= 0.6 is 11.6 Å². The van der Waals surface area contributed by atoms with E-state index in [1.54, 1.807) is 18.2 Å². The highest BCUT2D eigenvalue weighted by atomic mass is 35.5. The zero-order valence-electron chi connectivity index (χ0n) is 13.4. The van der Waals surface area contributed by atoms with E-state index in [9.17, 15) is 15.3 Å². The molecule has 0 saturated carbocycles. The average molecular weight is 348 g/mol. The summed E-state index contributed by atoms with van der Waals surface area (Å²) in [6.07, 6.45) is 3.64. The van der Waals surface area contributed by atoms with E-state index in [2.05, 4.69) is 5.32 Å². The summed E-state index contributed by atoms with van der Waals surface area (Å²) in [5.74, 6) is 0.165. The van der Waals surface area contributed by atoms with Crippen LogP contribution in [0.2, 0.25) is 5.02 Å². The Bertz CT molecular complexity index is 716. The standard InChI is InChI=1S/C19H22ClNO3/c20-18-15-8-9-21-11-13(16(15)10-17(23)19(18)24)3-1-2-12-4-6-14(22)7-5-12/h4-7,10,13,21-24H,1-3,8-9,11H2. The van der Waals surface area contributed by atoms with Crippen LogP contribution in [0, 0.1) is 0 Å². The van der Waals surface area contributed by atoms with E-state index in [0.717, 1.165) is 49.9 Å². The van der Waals surface area contributed by atoms with Gasteiger partial charge in [0, 0.05) is 6.54 Å². The fourth-order valence-corrected chi connectivity index (χ4v) is 3.68. The first-order valence-corrected chi connectivity index (χ1v) is 8.66. The summed E-state index contributed by atoms with van der Waals surface area (Å²) in [6, 6.07) is 8.95. The lowest BCUT2D eigenvalue weighted by Crippen LogP contribution is -2.20. The number of phenols is 3. The fourth-order valence-electron chi connectivity index (χ4n) is 3.38. The van der Waals surface area contributed by atoms with Crippen LogP contribution in [0.3, 0.4) is 0 Å². The molecule has 1 unspecified atom stereocenters. The zero-order chi connectivity index (χ0) is 17.1. The number of phenolic OH excluding ortho intramolecular Hbond substituents is 3. The molecular formula is C19H22ClNO3. The molecule has 2 aromatic carbocycles. The first-order valence-electron chi connectivity index (χ1n) is 8.28. The molecule has 0 fully saturated rings. The van der Waals surface area contributed by atoms with Gasteiger partial charge >= 0.3 is 0 Å². The highest BCUT2D eigenvalue weighted by molar-refractivity contribution is 6.33. The molecular weight excluding hydrogens is 326 g/mol. The van der Waals surface area contributed by atoms with Gasteiger partial charge in [0.2, 0.25) is 0 Å². The number of aromatic hydroxyl groups is 3. The summed E-state index contributed by atoms with van der Waals surface area (Å²) >= 11 is 6.24. The predicted molar refractivity (Wildman–Crippen MR) is 95.1 cm³/mol. The second-order valence-electron chi connectivity index (χ2n) is 6.34. The first-order chi connectivity index (χ1) is 11.6. The average Bonchev–Trinajstić information content (AvgIpc) is 2.77. The molecule has 128 valence electrons. The number of hydrogen-bond acceptors (Lipinski definition) is 4. The van der Waals surface area contributed by atoms with Crippen molar-refractivity contribution in [3.05, 3.63) is 52.0 Å². The number of aryl methyl sites for hydroxylation is 1. The van der Waals surface area contributed by atoms with Gasteiger partial charge in [0.15, 0.2) is 11.5 Å². The van der Waals surface area contributed by atoms with Gasteiger partial charge in [-0.25, -0.2) is 0 Å². The van der Waals surface area contributed by atoms with E-state index in [4.69, 9.17) is 11.6 Å². The van der Waals surface area contributed by atoms with Crippen LogP contribution in [0.25, 0.3) is 0 Å². The minimum absolute atomic E-state index is 0.149. The van der Waals surface area contributed by atoms with Crippen molar-refractivity contribution in [2.45, 2.75) is 31.6 Å². The van der Waals surface area contributed by atoms with Crippen LogP contribution in [0.4, 0.5) is 0 Å². The maximum Gasteiger partial charge on any atom is 0.176 e. The summed E-state index contributed by atoms with van der Waals surface area (Å²) in [5, 5.41) is 32.8. The molecule has 0 radical (unpaired) electrons. The van der Waals surface area contributed by atoms with Crippen molar-refractivity contribution in [2.75, 3.05) is 13.1 Å². The molecule has 4 N–H and O–H groups in total. The van der Waals surface area contributed by atoms with Gasteiger partial charge in [-0.1, -0.05) is 23.7 Å². The highest BCUT2D eigenvalue weighted by Crippen LogP contribution is 2.42. The molecule has 1 heterocycles. The van der Waals surface area contributed by atoms with Crippen molar-refractivity contribution in [1.29, 1.82) is 0 Å². The van der Waals surface area contributed by atoms with Gasteiger partial charge in [-0.2, -0.15) is 0 Å². The monoisotopic (exact) mass is 347 g/mol. The molecule has 0 bridgehead atoms. The summed E-state index contributed by atoms with van der Waals surface area (Å²) in [4.78, 5) is 0. The summed E-state index contributed by atoms with van der Waals surface area (Å²) in [6.45, 7) is 1.65. The van der Waals surface area contributed by atoms with Crippen molar-refractivity contribution in [1.82, 2.24) is 5.32 Å². The molecule has 0 spiro atoms. The van der Waals surface area contributed by atoms with Crippen LogP contribution in [0.5, 0.6) is 17.2 Å². The third-order valence-corrected chi connectivity index (χ3v) is 5.10. The highest BCUT2D eigenvalue weighted by Gasteiger charge is 2.24. The van der Waals surface area contributed by atoms with Crippen LogP contribution in [-0.4, -0.2) is 28.4 Å². The third-order valence-electron chi connectivity index (χ3n) is 4.69. The van der Waals surface area contributed by atoms with Crippen molar-refractivity contribution in [3.63, 3.8) is 0 Å². The van der Waals surface area contributed by atoms with E-state index < -0.39 is 0 Å². The smallest absolute Gasteiger partial charge is 0.176 e. The number of halogens is 1. The van der Waals surface area contributed by atoms with Crippen LogP contribution < -0.4 is 5.32 Å². The Morgan fingerprint density at radius 1 is 1.12 bits per heavy atom. The summed E-state index contributed by atoms with van der Waals surface area (Å²) in [7, 11) is 0. The van der Waals surface area contributed by atoms with Crippen molar-refractivity contribution in [2.24, 2.45) is 0 Å². The second kappa shape index (κ2) is 7.32. The quantitative estimate of drug-likeness (QED) is 0.636. The maximum atomic E-state index is 9.92. The van der Waals surface area contributed by atoms with Crippen molar-refractivity contribution in [3.8, 4) is 17.2 Å². The lowest BCUT2D eigenvalue weighted by atomic mass is 9.89. The molecule has 0 amide bonds. The van der Waals surface area contributed by atoms with Crippen LogP contribution in [0.15, 0.2) is 30.3 Å². The summed E-state index contributed by atoms with van der Waals surface area (Å²) in [5.41, 5.74) is 3.17. The van der Waals surface area contributed by atoms with Gasteiger partial charge < -0.3 is 20.6 Å². The molecule has 4 nitrogen and oxygen atoms in total. The third kappa shape index (κ3) is 3.60. The van der Waals surface area contributed by atoms with Gasteiger partial charge in [0.05, 0.1) is 5.02 Å². The topological polar surface area (TPSA) is 72.7 Å². The lowest BCUT2D eigenvalue weighted by Gasteiger charge is -2.19. The van der Waals surface area contributed by atoms with Gasteiger partial charge in [-0.3, -0.25) is 0 Å². The number of benzene rings is 2. The van der Waals surface area contributed by atoms with Crippen molar-refractivity contribution < 1.29 is 15.3 Å². The number of hydrogen-bond donors (Lipinski definition) is 4. The van der Waals surface area contributed by atoms with E-state index in [-0.39, 0.29) is 28.2 Å². The molecule has 1 atom stereocenters. The lowest BCUT2D eigenvalue weighted by molar-refractivity contribution is 0.402. The van der Waals surface area contributed by atoms with E-state index in [1.165, 1.54) is 5.56 Å². The Hall–Kier alpha value is -1.91. The number of fused-ring (bicyclic) bond motifs is 1. The molecule has 2 aromatic rings. The second-order valence-corrected chi connectivity index (χ2v) is 6.71. The minimum atomic E-state index is -0.222. The van der Waals surface area contributed by atoms with E-state index >= 15 is 0 Å². The first kappa shape index (κ1) is 16.9. The maximum absolute atomic E-state index is 9.92. The Morgan fingerprint density at radius 3 is 2.62 bits per heavy atom. The van der Waals surface area contributed by atoms with Gasteiger partial charge in [0.1, 0.15) is 5.75 Å². The Balaban J connectivity index is 1.73. The SMILES string of the molecule is Oc1ccc(CCCC2CNCCc3c2cc(O)c(O)c3Cl)cc1. The van der Waals surface area contributed by atoms with Gasteiger partial charge in [-0.15, -0.1) is 0 Å². The molecule has 1 aliphatic rings. The zero-order valence-corrected chi connectivity index (χ0v) is 14.2. The van der Waals surface area contributed by atoms with E-state index in [1.807, 2.05) is 12.1 Å². The minimum Gasteiger partial charge on any atom is -0.508 e. The van der Waals surface area contributed by atoms with Crippen molar-refractivity contribution >= 4 is 11.6 Å². The molecule has 0 saturated heterocycles. The Labute approximate surface area is 146 Å². The fraction of sp³-hybridized carbons (Fsp3) is 0.368. The molecule has 0 aromatic heterocycles. The number of nitrogens with one attached hydrogen (secondary N) is 1. The molecule has 0 aliphatic carbocycles. The largest absolute Gasteiger partial charge is 0.508 e. The Morgan fingerprint density at radius 2 is 1.88 bits per heavy atom. The van der Waals surface area contributed by atoms with Gasteiger partial charge in [-0.05, 0) is 73.0 Å². The van der Waals surface area contributed by atoms with Crippen LogP contribution in [0.1, 0.15) is 35.4 Å². The van der Waals surface area contributed by atoms with Crippen LogP contribution in [-0.2, 0) is 12.8 Å². The molecule has 24 heavy (non-hydrogen) atoms. The normalized spacial score (nSPS) is 17.3. The summed E-state index contributed by atoms with van der Waals surface area (Å²) < 4.78 is 0. The Kier molecular flexibility index (Phi) is 5.17. The predicted octanol–water partition coefficient (Wildman–Crippen LogP) is 3.71. The molecule has 5 heteroatoms. The number of rotatable bonds is 4. The van der Waals surface area contributed by atoms with E-state index in [0.29, 0.717) is 0 Å². The van der Waals surface area contributed by atoms with Gasteiger partial charge in [0.25, 0.3) is 0 Å². The molecule has 1 aliphatic heterocycles.